The van der Waals surface area contributed by atoms with Gasteiger partial charge >= 0.3 is 5.97 Å². The van der Waals surface area contributed by atoms with Crippen molar-refractivity contribution in [3.8, 4) is 0 Å². The number of rotatable bonds is 68. The molecule has 0 aromatic heterocycles. The van der Waals surface area contributed by atoms with Crippen molar-refractivity contribution >= 4 is 11.9 Å². The molecule has 2 unspecified atom stereocenters. The van der Waals surface area contributed by atoms with E-state index in [1.165, 1.54) is 347 Å². The molecule has 0 aromatic carbocycles. The maximum absolute atomic E-state index is 12.5. The molecule has 464 valence electrons. The predicted molar refractivity (Wildman–Crippen MR) is 343 cm³/mol. The van der Waals surface area contributed by atoms with Gasteiger partial charge in [-0.05, 0) is 32.1 Å². The molecule has 6 heteroatoms. The highest BCUT2D eigenvalue weighted by Crippen LogP contribution is 2.19. The average Bonchev–Trinajstić information content (AvgIpc) is 3.44. The summed E-state index contributed by atoms with van der Waals surface area (Å²) < 4.78 is 5.51. The van der Waals surface area contributed by atoms with Crippen molar-refractivity contribution in [3.63, 3.8) is 0 Å². The van der Waals surface area contributed by atoms with Crippen LogP contribution in [0.3, 0.4) is 0 Å². The monoisotopic (exact) mass is 1100 g/mol. The van der Waals surface area contributed by atoms with Crippen molar-refractivity contribution in [1.82, 2.24) is 5.32 Å². The molecule has 2 atom stereocenters. The van der Waals surface area contributed by atoms with Crippen LogP contribution in [-0.4, -0.2) is 47.4 Å². The van der Waals surface area contributed by atoms with Gasteiger partial charge in [0, 0.05) is 12.8 Å². The quantitative estimate of drug-likeness (QED) is 0.0320. The maximum Gasteiger partial charge on any atom is 0.305 e. The van der Waals surface area contributed by atoms with Crippen molar-refractivity contribution in [2.75, 3.05) is 13.2 Å². The van der Waals surface area contributed by atoms with Crippen LogP contribution < -0.4 is 5.32 Å². The van der Waals surface area contributed by atoms with Gasteiger partial charge in [-0.1, -0.05) is 379 Å². The van der Waals surface area contributed by atoms with Gasteiger partial charge in [0.05, 0.1) is 25.4 Å². The molecule has 0 spiro atoms. The van der Waals surface area contributed by atoms with Crippen LogP contribution in [0.25, 0.3) is 0 Å². The maximum atomic E-state index is 12.5. The van der Waals surface area contributed by atoms with Crippen molar-refractivity contribution < 1.29 is 24.5 Å². The van der Waals surface area contributed by atoms with Crippen molar-refractivity contribution in [3.05, 3.63) is 12.2 Å². The van der Waals surface area contributed by atoms with E-state index in [-0.39, 0.29) is 18.5 Å². The number of ether oxygens (including phenoxy) is 1. The number of carbonyl (C=O) groups excluding carboxylic acids is 2. The summed E-state index contributed by atoms with van der Waals surface area (Å²) in [5.41, 5.74) is 0. The van der Waals surface area contributed by atoms with Gasteiger partial charge in [-0.25, -0.2) is 0 Å². The van der Waals surface area contributed by atoms with Crippen molar-refractivity contribution in [1.29, 1.82) is 0 Å². The third-order valence-electron chi connectivity index (χ3n) is 17.1. The van der Waals surface area contributed by atoms with E-state index in [0.717, 1.165) is 38.5 Å². The van der Waals surface area contributed by atoms with E-state index >= 15 is 0 Å². The number of allylic oxidation sites excluding steroid dienone is 1. The average molecular weight is 1100 g/mol. The van der Waals surface area contributed by atoms with Crippen LogP contribution in [0.5, 0.6) is 0 Å². The first kappa shape index (κ1) is 76.6. The molecule has 0 radical (unpaired) electrons. The SMILES string of the molecule is CCCCCCCCCCCCCCCCCCCC/C=C/C(O)C(CO)NC(=O)CCCCCCCCCCCCCCCCCCCCCCCCCCOC(=O)CCCCCCCCCCCCCCCCCCC. The van der Waals surface area contributed by atoms with E-state index in [9.17, 15) is 19.8 Å². The zero-order chi connectivity index (χ0) is 56.4. The highest BCUT2D eigenvalue weighted by molar-refractivity contribution is 5.76. The Hall–Kier alpha value is -1.40. The second-order valence-electron chi connectivity index (χ2n) is 24.9. The fourth-order valence-electron chi connectivity index (χ4n) is 11.6. The molecule has 3 N–H and O–H groups in total. The number of hydrogen-bond donors (Lipinski definition) is 3. The molecule has 0 heterocycles. The van der Waals surface area contributed by atoms with Gasteiger partial charge in [0.1, 0.15) is 0 Å². The molecule has 6 nitrogen and oxygen atoms in total. The molecule has 0 aliphatic heterocycles. The first-order valence-electron chi connectivity index (χ1n) is 36.0. The van der Waals surface area contributed by atoms with E-state index < -0.39 is 12.1 Å². The summed E-state index contributed by atoms with van der Waals surface area (Å²) in [7, 11) is 0. The lowest BCUT2D eigenvalue weighted by atomic mass is 10.0. The molecule has 0 fully saturated rings. The Morgan fingerprint density at radius 2 is 0.590 bits per heavy atom. The largest absolute Gasteiger partial charge is 0.466 e. The Balaban J connectivity index is 3.37. The lowest BCUT2D eigenvalue weighted by Gasteiger charge is -2.20. The Morgan fingerprint density at radius 3 is 0.872 bits per heavy atom. The summed E-state index contributed by atoms with van der Waals surface area (Å²) in [6.07, 6.45) is 84.3. The topological polar surface area (TPSA) is 95.9 Å². The van der Waals surface area contributed by atoms with Gasteiger partial charge in [0.25, 0.3) is 0 Å². The number of unbranched alkanes of at least 4 members (excludes halogenated alkanes) is 57. The second-order valence-corrected chi connectivity index (χ2v) is 24.9. The number of hydrogen-bond acceptors (Lipinski definition) is 5. The van der Waals surface area contributed by atoms with Crippen molar-refractivity contribution in [2.45, 2.75) is 424 Å². The normalized spacial score (nSPS) is 12.5. The summed E-state index contributed by atoms with van der Waals surface area (Å²) in [4.78, 5) is 24.6. The van der Waals surface area contributed by atoms with Gasteiger partial charge < -0.3 is 20.3 Å². The first-order valence-corrected chi connectivity index (χ1v) is 36.0. The lowest BCUT2D eigenvalue weighted by Crippen LogP contribution is -2.45. The molecule has 78 heavy (non-hydrogen) atoms. The van der Waals surface area contributed by atoms with Gasteiger partial charge in [0.2, 0.25) is 5.91 Å². The standard InChI is InChI=1S/C72H141NO5/c1-3-5-7-9-11-13-15-17-19-21-22-29-33-36-40-44-48-52-56-60-64-70(75)69(68-74)73-71(76)65-61-57-53-49-45-41-37-34-30-27-25-23-24-26-28-31-35-39-43-47-51-55-59-63-67-78-72(77)66-62-58-54-50-46-42-38-32-20-18-16-14-12-10-8-6-4-2/h60,64,69-70,74-75H,3-59,61-63,65-68H2,1-2H3,(H,73,76)/b64-60+. The van der Waals surface area contributed by atoms with Crippen LogP contribution in [-0.2, 0) is 14.3 Å². The van der Waals surface area contributed by atoms with E-state index in [1.54, 1.807) is 6.08 Å². The minimum Gasteiger partial charge on any atom is -0.466 e. The van der Waals surface area contributed by atoms with E-state index in [2.05, 4.69) is 19.2 Å². The Bertz CT molecular complexity index is 1180. The fraction of sp³-hybridized carbons (Fsp3) is 0.944. The summed E-state index contributed by atoms with van der Waals surface area (Å²) in [5, 5.41) is 23.2. The van der Waals surface area contributed by atoms with Gasteiger partial charge in [-0.2, -0.15) is 0 Å². The number of esters is 1. The van der Waals surface area contributed by atoms with Gasteiger partial charge in [0.15, 0.2) is 0 Å². The van der Waals surface area contributed by atoms with Crippen LogP contribution in [0.1, 0.15) is 412 Å². The van der Waals surface area contributed by atoms with Crippen LogP contribution in [0, 0.1) is 0 Å². The zero-order valence-corrected chi connectivity index (χ0v) is 53.2. The van der Waals surface area contributed by atoms with Crippen molar-refractivity contribution in [2.24, 2.45) is 0 Å². The Morgan fingerprint density at radius 1 is 0.346 bits per heavy atom. The summed E-state index contributed by atoms with van der Waals surface area (Å²) in [6.45, 7) is 4.96. The van der Waals surface area contributed by atoms with E-state index in [0.29, 0.717) is 19.4 Å². The minimum atomic E-state index is -0.844. The molecule has 0 bridgehead atoms. The third-order valence-corrected chi connectivity index (χ3v) is 17.1. The fourth-order valence-corrected chi connectivity index (χ4v) is 11.6. The van der Waals surface area contributed by atoms with Crippen LogP contribution in [0.2, 0.25) is 0 Å². The van der Waals surface area contributed by atoms with E-state index in [4.69, 9.17) is 4.74 Å². The molecular formula is C72H141NO5. The molecule has 0 saturated carbocycles. The second kappa shape index (κ2) is 68.1. The van der Waals surface area contributed by atoms with Crippen LogP contribution in [0.4, 0.5) is 0 Å². The molecule has 0 saturated heterocycles. The van der Waals surface area contributed by atoms with E-state index in [1.807, 2.05) is 6.08 Å². The highest BCUT2D eigenvalue weighted by Gasteiger charge is 2.18. The van der Waals surface area contributed by atoms with Crippen LogP contribution >= 0.6 is 0 Å². The Labute approximate surface area is 489 Å². The number of nitrogens with one attached hydrogen (secondary N) is 1. The predicted octanol–water partition coefficient (Wildman–Crippen LogP) is 23.1. The smallest absolute Gasteiger partial charge is 0.305 e. The first-order chi connectivity index (χ1) is 38.5. The third kappa shape index (κ3) is 63.8. The molecule has 0 rings (SSSR count). The lowest BCUT2D eigenvalue weighted by molar-refractivity contribution is -0.143. The summed E-state index contributed by atoms with van der Waals surface area (Å²) >= 11 is 0. The van der Waals surface area contributed by atoms with Gasteiger partial charge in [-0.3, -0.25) is 9.59 Å². The number of aliphatic hydroxyl groups excluding tert-OH is 2. The molecular weight excluding hydrogens is 959 g/mol. The summed E-state index contributed by atoms with van der Waals surface area (Å²) in [6, 6.07) is -0.627. The van der Waals surface area contributed by atoms with Gasteiger partial charge in [-0.15, -0.1) is 0 Å². The number of carbonyl (C=O) groups is 2. The molecule has 0 aromatic rings. The molecule has 0 aliphatic carbocycles. The molecule has 0 aliphatic rings. The highest BCUT2D eigenvalue weighted by atomic mass is 16.5. The minimum absolute atomic E-state index is 0.0201. The Kier molecular flexibility index (Phi) is 66.9. The van der Waals surface area contributed by atoms with Crippen LogP contribution in [0.15, 0.2) is 12.2 Å². The number of amides is 1. The zero-order valence-electron chi connectivity index (χ0n) is 53.2. The molecule has 1 amide bonds. The number of aliphatic hydroxyl groups is 2. The summed E-state index contributed by atoms with van der Waals surface area (Å²) in [5.74, 6) is -0.0421.